The van der Waals surface area contributed by atoms with Gasteiger partial charge in [-0.15, -0.1) is 0 Å². The first kappa shape index (κ1) is 19.5. The number of benzene rings is 1. The highest BCUT2D eigenvalue weighted by Gasteiger charge is 2.40. The molecule has 2 fully saturated rings. The highest BCUT2D eigenvalue weighted by molar-refractivity contribution is 6.31. The summed E-state index contributed by atoms with van der Waals surface area (Å²) in [6, 6.07) is 8.64. The predicted molar refractivity (Wildman–Crippen MR) is 111 cm³/mol. The molecule has 0 spiro atoms. The van der Waals surface area contributed by atoms with Gasteiger partial charge in [0.05, 0.1) is 0 Å². The molecule has 0 radical (unpaired) electrons. The number of halogens is 1. The summed E-state index contributed by atoms with van der Waals surface area (Å²) in [4.78, 5) is 38.9. The Morgan fingerprint density at radius 1 is 1.10 bits per heavy atom. The maximum atomic E-state index is 13.0. The first-order valence-corrected chi connectivity index (χ1v) is 10.1. The molecule has 2 aliphatic rings. The standard InChI is InChI=1S/C22H22ClN3O3/c1-13-10-15(14(2)25(13)18-9-5-6-16(23)12-18)11-19-20(27)24-22(29)26(21(19)28)17-7-3-4-8-17/h5-6,9-12,17H,3-4,7-8H2,1-2H3,(H,24,27,29)/b19-11+. The maximum Gasteiger partial charge on any atom is 0.331 e. The number of hydrogen-bond acceptors (Lipinski definition) is 3. The lowest BCUT2D eigenvalue weighted by atomic mass is 10.1. The summed E-state index contributed by atoms with van der Waals surface area (Å²) < 4.78 is 2.02. The molecule has 1 aliphatic carbocycles. The highest BCUT2D eigenvalue weighted by atomic mass is 35.5. The zero-order chi connectivity index (χ0) is 20.7. The summed E-state index contributed by atoms with van der Waals surface area (Å²) in [5, 5.41) is 2.95. The molecule has 7 heteroatoms. The van der Waals surface area contributed by atoms with Crippen LogP contribution in [-0.4, -0.2) is 33.4 Å². The van der Waals surface area contributed by atoms with Crippen LogP contribution in [0.5, 0.6) is 0 Å². The quantitative estimate of drug-likeness (QED) is 0.609. The number of hydrogen-bond donors (Lipinski definition) is 1. The molecule has 29 heavy (non-hydrogen) atoms. The van der Waals surface area contributed by atoms with Crippen molar-refractivity contribution in [3.8, 4) is 5.69 Å². The molecule has 2 heterocycles. The zero-order valence-corrected chi connectivity index (χ0v) is 17.1. The van der Waals surface area contributed by atoms with E-state index in [4.69, 9.17) is 11.6 Å². The van der Waals surface area contributed by atoms with Crippen LogP contribution in [0.3, 0.4) is 0 Å². The van der Waals surface area contributed by atoms with Gasteiger partial charge in [-0.1, -0.05) is 30.5 Å². The molecule has 1 aromatic carbocycles. The molecule has 4 amide bonds. The van der Waals surface area contributed by atoms with Gasteiger partial charge in [0.15, 0.2) is 0 Å². The lowest BCUT2D eigenvalue weighted by Gasteiger charge is -2.31. The molecule has 4 rings (SSSR count). The van der Waals surface area contributed by atoms with Crippen LogP contribution < -0.4 is 5.32 Å². The number of imide groups is 2. The summed E-state index contributed by atoms with van der Waals surface area (Å²) in [5.41, 5.74) is 3.47. The van der Waals surface area contributed by atoms with E-state index in [0.717, 1.165) is 48.3 Å². The van der Waals surface area contributed by atoms with Crippen molar-refractivity contribution < 1.29 is 14.4 Å². The molecule has 6 nitrogen and oxygen atoms in total. The third-order valence-electron chi connectivity index (χ3n) is 5.66. The van der Waals surface area contributed by atoms with Gasteiger partial charge in [-0.2, -0.15) is 0 Å². The van der Waals surface area contributed by atoms with Crippen molar-refractivity contribution >= 4 is 35.5 Å². The van der Waals surface area contributed by atoms with Crippen LogP contribution in [0.2, 0.25) is 5.02 Å². The Hall–Kier alpha value is -2.86. The molecular weight excluding hydrogens is 390 g/mol. The second kappa shape index (κ2) is 7.52. The van der Waals surface area contributed by atoms with E-state index >= 15 is 0 Å². The van der Waals surface area contributed by atoms with E-state index in [1.165, 1.54) is 4.90 Å². The van der Waals surface area contributed by atoms with Crippen LogP contribution in [0.15, 0.2) is 35.9 Å². The fourth-order valence-corrected chi connectivity index (χ4v) is 4.45. The Bertz CT molecular complexity index is 1050. The largest absolute Gasteiger partial charge is 0.331 e. The first-order chi connectivity index (χ1) is 13.9. The van der Waals surface area contributed by atoms with Gasteiger partial charge in [-0.25, -0.2) is 4.79 Å². The summed E-state index contributed by atoms with van der Waals surface area (Å²) >= 11 is 6.13. The Kier molecular flexibility index (Phi) is 5.04. The predicted octanol–water partition coefficient (Wildman–Crippen LogP) is 4.15. The van der Waals surface area contributed by atoms with E-state index in [-0.39, 0.29) is 11.6 Å². The molecule has 1 saturated heterocycles. The number of nitrogens with zero attached hydrogens (tertiary/aromatic N) is 2. The average molecular weight is 412 g/mol. The number of amides is 4. The molecular formula is C22H22ClN3O3. The Labute approximate surface area is 174 Å². The third-order valence-corrected chi connectivity index (χ3v) is 5.89. The van der Waals surface area contributed by atoms with E-state index in [2.05, 4.69) is 5.32 Å². The van der Waals surface area contributed by atoms with Crippen LogP contribution in [0.25, 0.3) is 11.8 Å². The molecule has 1 saturated carbocycles. The van der Waals surface area contributed by atoms with E-state index < -0.39 is 17.8 Å². The summed E-state index contributed by atoms with van der Waals surface area (Å²) in [7, 11) is 0. The molecule has 0 bridgehead atoms. The van der Waals surface area contributed by atoms with Crippen LogP contribution in [0.1, 0.15) is 42.6 Å². The third kappa shape index (κ3) is 3.49. The molecule has 150 valence electrons. The Morgan fingerprint density at radius 3 is 2.52 bits per heavy atom. The maximum absolute atomic E-state index is 13.0. The minimum Gasteiger partial charge on any atom is -0.318 e. The van der Waals surface area contributed by atoms with Gasteiger partial charge < -0.3 is 4.57 Å². The average Bonchev–Trinajstić information content (AvgIpc) is 3.27. The summed E-state index contributed by atoms with van der Waals surface area (Å²) in [5.74, 6) is -1.17. The number of carbonyl (C=O) groups excluding carboxylic acids is 3. The second-order valence-corrected chi connectivity index (χ2v) is 8.01. The number of barbiturate groups is 1. The lowest BCUT2D eigenvalue weighted by Crippen LogP contribution is -2.57. The Balaban J connectivity index is 1.73. The molecule has 1 aromatic heterocycles. The van der Waals surface area contributed by atoms with Crippen molar-refractivity contribution in [3.63, 3.8) is 0 Å². The summed E-state index contributed by atoms with van der Waals surface area (Å²) in [6.45, 7) is 3.87. The molecule has 0 atom stereocenters. The van der Waals surface area contributed by atoms with Gasteiger partial charge in [0.2, 0.25) is 0 Å². The van der Waals surface area contributed by atoms with Crippen LogP contribution in [0.4, 0.5) is 4.79 Å². The van der Waals surface area contributed by atoms with Crippen molar-refractivity contribution in [1.29, 1.82) is 0 Å². The smallest absolute Gasteiger partial charge is 0.318 e. The molecule has 1 N–H and O–H groups in total. The van der Waals surface area contributed by atoms with Gasteiger partial charge in [-0.05, 0) is 62.6 Å². The van der Waals surface area contributed by atoms with Crippen molar-refractivity contribution in [2.45, 2.75) is 45.6 Å². The fourth-order valence-electron chi connectivity index (χ4n) is 4.27. The van der Waals surface area contributed by atoms with Crippen molar-refractivity contribution in [3.05, 3.63) is 57.9 Å². The monoisotopic (exact) mass is 411 g/mol. The minimum atomic E-state index is -0.651. The normalized spacial score (nSPS) is 19.3. The zero-order valence-electron chi connectivity index (χ0n) is 16.4. The number of carbonyl (C=O) groups is 3. The second-order valence-electron chi connectivity index (χ2n) is 7.57. The Morgan fingerprint density at radius 2 is 1.83 bits per heavy atom. The van der Waals surface area contributed by atoms with E-state index in [1.807, 2.05) is 48.7 Å². The van der Waals surface area contributed by atoms with Gasteiger partial charge in [0.1, 0.15) is 5.57 Å². The van der Waals surface area contributed by atoms with Crippen molar-refractivity contribution in [2.24, 2.45) is 0 Å². The van der Waals surface area contributed by atoms with Crippen LogP contribution in [-0.2, 0) is 9.59 Å². The van der Waals surface area contributed by atoms with E-state index in [1.54, 1.807) is 6.08 Å². The number of nitrogens with one attached hydrogen (secondary N) is 1. The van der Waals surface area contributed by atoms with E-state index in [0.29, 0.717) is 5.02 Å². The summed E-state index contributed by atoms with van der Waals surface area (Å²) in [6.07, 6.45) is 5.11. The number of rotatable bonds is 3. The highest BCUT2D eigenvalue weighted by Crippen LogP contribution is 2.29. The van der Waals surface area contributed by atoms with Crippen molar-refractivity contribution in [1.82, 2.24) is 14.8 Å². The number of aryl methyl sites for hydroxylation is 1. The van der Waals surface area contributed by atoms with Gasteiger partial charge in [-0.3, -0.25) is 19.8 Å². The fraction of sp³-hybridized carbons (Fsp3) is 0.318. The van der Waals surface area contributed by atoms with E-state index in [9.17, 15) is 14.4 Å². The van der Waals surface area contributed by atoms with Gasteiger partial charge in [0, 0.05) is 28.1 Å². The lowest BCUT2D eigenvalue weighted by molar-refractivity contribution is -0.131. The van der Waals surface area contributed by atoms with Gasteiger partial charge >= 0.3 is 6.03 Å². The van der Waals surface area contributed by atoms with Crippen LogP contribution in [0, 0.1) is 13.8 Å². The molecule has 1 aliphatic heterocycles. The number of aromatic nitrogens is 1. The van der Waals surface area contributed by atoms with Crippen molar-refractivity contribution in [2.75, 3.05) is 0 Å². The SMILES string of the molecule is Cc1cc(/C=C2\C(=O)NC(=O)N(C3CCCC3)C2=O)c(C)n1-c1cccc(Cl)c1. The molecule has 0 unspecified atom stereocenters. The minimum absolute atomic E-state index is 0.0113. The molecule has 2 aromatic rings. The number of urea groups is 1. The van der Waals surface area contributed by atoms with Gasteiger partial charge in [0.25, 0.3) is 11.8 Å². The van der Waals surface area contributed by atoms with Crippen LogP contribution >= 0.6 is 11.6 Å². The topological polar surface area (TPSA) is 71.4 Å². The first-order valence-electron chi connectivity index (χ1n) is 9.72.